The number of amides is 2. The summed E-state index contributed by atoms with van der Waals surface area (Å²) in [6.07, 6.45) is 0. The zero-order valence-corrected chi connectivity index (χ0v) is 18.9. The Balaban J connectivity index is 1.70. The van der Waals surface area contributed by atoms with Crippen molar-refractivity contribution < 1.29 is 14.3 Å². The molecule has 1 heterocycles. The van der Waals surface area contributed by atoms with Gasteiger partial charge in [-0.2, -0.15) is 0 Å². The molecule has 1 saturated heterocycles. The number of hydrogen-bond acceptors (Lipinski definition) is 5. The molecular formula is C22H26BrN5O3. The van der Waals surface area contributed by atoms with E-state index in [4.69, 9.17) is 4.74 Å². The largest absolute Gasteiger partial charge is 0.379 e. The molecule has 31 heavy (non-hydrogen) atoms. The molecular weight excluding hydrogens is 462 g/mol. The highest BCUT2D eigenvalue weighted by molar-refractivity contribution is 9.10. The number of anilines is 2. The fourth-order valence-corrected chi connectivity index (χ4v) is 3.46. The molecule has 2 aromatic rings. The van der Waals surface area contributed by atoms with Crippen LogP contribution in [0.15, 0.2) is 58.0 Å². The molecule has 0 atom stereocenters. The Hall–Kier alpha value is -2.75. The summed E-state index contributed by atoms with van der Waals surface area (Å²) in [4.78, 5) is 31.0. The van der Waals surface area contributed by atoms with Gasteiger partial charge in [0.2, 0.25) is 11.9 Å². The lowest BCUT2D eigenvalue weighted by molar-refractivity contribution is -0.114. The van der Waals surface area contributed by atoms with E-state index in [9.17, 15) is 9.59 Å². The second-order valence-electron chi connectivity index (χ2n) is 7.04. The van der Waals surface area contributed by atoms with Crippen LogP contribution in [-0.4, -0.2) is 62.1 Å². The first-order chi connectivity index (χ1) is 15.0. The average Bonchev–Trinajstić information content (AvgIpc) is 2.74. The van der Waals surface area contributed by atoms with Gasteiger partial charge in [0.25, 0.3) is 5.91 Å². The number of benzene rings is 2. The Morgan fingerprint density at radius 1 is 1.06 bits per heavy atom. The molecule has 3 rings (SSSR count). The van der Waals surface area contributed by atoms with E-state index < -0.39 is 0 Å². The Labute approximate surface area is 190 Å². The Morgan fingerprint density at radius 3 is 2.48 bits per heavy atom. The van der Waals surface area contributed by atoms with Gasteiger partial charge in [0, 0.05) is 48.0 Å². The van der Waals surface area contributed by atoms with Crippen molar-refractivity contribution in [3.8, 4) is 0 Å². The van der Waals surface area contributed by atoms with Gasteiger partial charge in [-0.05, 0) is 36.4 Å². The summed E-state index contributed by atoms with van der Waals surface area (Å²) >= 11 is 3.45. The van der Waals surface area contributed by atoms with Crippen LogP contribution in [0.25, 0.3) is 0 Å². The standard InChI is InChI=1S/C22H26BrN5O3/c1-16(29)25-19-6-2-4-17(14-19)21(30)27-22(26-20-7-3-5-18(23)15-20)24-8-9-28-10-12-31-13-11-28/h2-7,14-15H,8-13H2,1H3,(H,25,29)(H2,24,26,27,30). The van der Waals surface area contributed by atoms with Gasteiger partial charge in [-0.1, -0.05) is 28.1 Å². The van der Waals surface area contributed by atoms with Crippen LogP contribution in [0.3, 0.4) is 0 Å². The van der Waals surface area contributed by atoms with Gasteiger partial charge in [-0.15, -0.1) is 0 Å². The van der Waals surface area contributed by atoms with E-state index in [0.29, 0.717) is 23.8 Å². The number of halogens is 1. The third-order valence-corrected chi connectivity index (χ3v) is 5.05. The first kappa shape index (κ1) is 22.9. The molecule has 2 aromatic carbocycles. The molecule has 0 radical (unpaired) electrons. The van der Waals surface area contributed by atoms with Crippen molar-refractivity contribution >= 4 is 45.1 Å². The van der Waals surface area contributed by atoms with Crippen LogP contribution < -0.4 is 16.0 Å². The summed E-state index contributed by atoms with van der Waals surface area (Å²) in [5, 5.41) is 8.71. The number of morpholine rings is 1. The molecule has 1 aliphatic rings. The van der Waals surface area contributed by atoms with E-state index in [0.717, 1.165) is 43.0 Å². The van der Waals surface area contributed by atoms with Gasteiger partial charge in [0.05, 0.1) is 19.8 Å². The SMILES string of the molecule is CC(=O)Nc1cccc(C(=O)NC(=NCCN2CCOCC2)Nc2cccc(Br)c2)c1. The number of ether oxygens (including phenoxy) is 1. The van der Waals surface area contributed by atoms with E-state index >= 15 is 0 Å². The molecule has 3 N–H and O–H groups in total. The van der Waals surface area contributed by atoms with E-state index in [1.54, 1.807) is 24.3 Å². The van der Waals surface area contributed by atoms with E-state index in [1.165, 1.54) is 6.92 Å². The van der Waals surface area contributed by atoms with Gasteiger partial charge < -0.3 is 15.4 Å². The molecule has 164 valence electrons. The van der Waals surface area contributed by atoms with Crippen LogP contribution in [0.4, 0.5) is 11.4 Å². The monoisotopic (exact) mass is 487 g/mol. The van der Waals surface area contributed by atoms with Crippen LogP contribution in [0.5, 0.6) is 0 Å². The highest BCUT2D eigenvalue weighted by Crippen LogP contribution is 2.16. The summed E-state index contributed by atoms with van der Waals surface area (Å²) < 4.78 is 6.29. The molecule has 0 spiro atoms. The minimum absolute atomic E-state index is 0.195. The molecule has 1 fully saturated rings. The molecule has 9 heteroatoms. The number of hydrogen-bond donors (Lipinski definition) is 3. The lowest BCUT2D eigenvalue weighted by Crippen LogP contribution is -2.39. The first-order valence-electron chi connectivity index (χ1n) is 10.1. The molecule has 1 aliphatic heterocycles. The minimum Gasteiger partial charge on any atom is -0.379 e. The van der Waals surface area contributed by atoms with Crippen LogP contribution in [0, 0.1) is 0 Å². The summed E-state index contributed by atoms with van der Waals surface area (Å²) in [6, 6.07) is 14.4. The van der Waals surface area contributed by atoms with Crippen molar-refractivity contribution in [1.82, 2.24) is 10.2 Å². The second kappa shape index (κ2) is 11.6. The predicted molar refractivity (Wildman–Crippen MR) is 126 cm³/mol. The van der Waals surface area contributed by atoms with E-state index in [2.05, 4.69) is 41.8 Å². The lowest BCUT2D eigenvalue weighted by Gasteiger charge is -2.25. The number of rotatable bonds is 6. The number of nitrogens with zero attached hydrogens (tertiary/aromatic N) is 2. The Bertz CT molecular complexity index is 944. The van der Waals surface area contributed by atoms with Crippen LogP contribution in [0.1, 0.15) is 17.3 Å². The number of guanidine groups is 1. The van der Waals surface area contributed by atoms with Crippen LogP contribution in [-0.2, 0) is 9.53 Å². The topological polar surface area (TPSA) is 95.1 Å². The van der Waals surface area contributed by atoms with Crippen molar-refractivity contribution in [3.63, 3.8) is 0 Å². The van der Waals surface area contributed by atoms with Crippen molar-refractivity contribution in [2.75, 3.05) is 50.0 Å². The normalized spacial score (nSPS) is 14.7. The van der Waals surface area contributed by atoms with Crippen molar-refractivity contribution in [3.05, 3.63) is 58.6 Å². The highest BCUT2D eigenvalue weighted by atomic mass is 79.9. The average molecular weight is 488 g/mol. The summed E-state index contributed by atoms with van der Waals surface area (Å²) in [5.41, 5.74) is 1.78. The maximum atomic E-state index is 12.8. The number of aliphatic imine (C=N–C) groups is 1. The third-order valence-electron chi connectivity index (χ3n) is 4.55. The fraction of sp³-hybridized carbons (Fsp3) is 0.318. The Morgan fingerprint density at radius 2 is 1.77 bits per heavy atom. The molecule has 0 bridgehead atoms. The maximum Gasteiger partial charge on any atom is 0.258 e. The van der Waals surface area contributed by atoms with Gasteiger partial charge in [0.1, 0.15) is 0 Å². The minimum atomic E-state index is -0.320. The molecule has 2 amide bonds. The summed E-state index contributed by atoms with van der Waals surface area (Å²) in [5.74, 6) is -0.152. The van der Waals surface area contributed by atoms with Gasteiger partial charge in [-0.25, -0.2) is 0 Å². The van der Waals surface area contributed by atoms with Gasteiger partial charge in [0.15, 0.2) is 0 Å². The molecule has 0 aromatic heterocycles. The zero-order valence-electron chi connectivity index (χ0n) is 17.4. The quantitative estimate of drug-likeness (QED) is 0.430. The van der Waals surface area contributed by atoms with Crippen LogP contribution in [0.2, 0.25) is 0 Å². The summed E-state index contributed by atoms with van der Waals surface area (Å²) in [6.45, 7) is 5.96. The molecule has 0 aliphatic carbocycles. The second-order valence-corrected chi connectivity index (χ2v) is 7.95. The predicted octanol–water partition coefficient (Wildman–Crippen LogP) is 2.94. The molecule has 8 nitrogen and oxygen atoms in total. The zero-order chi connectivity index (χ0) is 22.1. The van der Waals surface area contributed by atoms with Crippen molar-refractivity contribution in [2.45, 2.75) is 6.92 Å². The Kier molecular flexibility index (Phi) is 8.57. The number of nitrogens with one attached hydrogen (secondary N) is 3. The van der Waals surface area contributed by atoms with Gasteiger partial charge >= 0.3 is 0 Å². The lowest BCUT2D eigenvalue weighted by atomic mass is 10.2. The van der Waals surface area contributed by atoms with Crippen molar-refractivity contribution in [2.24, 2.45) is 4.99 Å². The summed E-state index contributed by atoms with van der Waals surface area (Å²) in [7, 11) is 0. The number of carbonyl (C=O) groups is 2. The highest BCUT2D eigenvalue weighted by Gasteiger charge is 2.12. The van der Waals surface area contributed by atoms with Crippen LogP contribution >= 0.6 is 15.9 Å². The third kappa shape index (κ3) is 7.78. The maximum absolute atomic E-state index is 12.8. The smallest absolute Gasteiger partial charge is 0.258 e. The van der Waals surface area contributed by atoms with E-state index in [-0.39, 0.29) is 11.8 Å². The van der Waals surface area contributed by atoms with Crippen molar-refractivity contribution in [1.29, 1.82) is 0 Å². The first-order valence-corrected chi connectivity index (χ1v) is 10.8. The van der Waals surface area contributed by atoms with E-state index in [1.807, 2.05) is 24.3 Å². The fourth-order valence-electron chi connectivity index (χ4n) is 3.06. The van der Waals surface area contributed by atoms with Gasteiger partial charge in [-0.3, -0.25) is 24.8 Å². The molecule has 0 saturated carbocycles. The number of carbonyl (C=O) groups excluding carboxylic acids is 2. The molecule has 0 unspecified atom stereocenters.